The largest absolute Gasteiger partial charge is 0.440 e. The molecule has 0 radical (unpaired) electrons. The molecule has 1 aromatic rings. The van der Waals surface area contributed by atoms with E-state index in [1.165, 1.54) is 32.1 Å². The molecule has 0 saturated heterocycles. The van der Waals surface area contributed by atoms with Gasteiger partial charge in [0.05, 0.1) is 6.20 Å². The first-order chi connectivity index (χ1) is 8.40. The Morgan fingerprint density at radius 3 is 3.24 bits per heavy atom. The van der Waals surface area contributed by atoms with Gasteiger partial charge in [-0.1, -0.05) is 25.1 Å². The molecule has 2 atom stereocenters. The summed E-state index contributed by atoms with van der Waals surface area (Å²) in [7, 11) is 0. The maximum absolute atomic E-state index is 5.23. The molecule has 4 heteroatoms. The SMILES string of the molecule is CCCNC1CCCC1CCSc1ncco1. The fourth-order valence-electron chi connectivity index (χ4n) is 2.56. The van der Waals surface area contributed by atoms with Gasteiger partial charge in [-0.3, -0.25) is 0 Å². The third-order valence-corrected chi connectivity index (χ3v) is 4.33. The standard InChI is InChI=1S/C13H22N2OS/c1-2-7-14-12-5-3-4-11(12)6-10-17-13-15-8-9-16-13/h8-9,11-12,14H,2-7,10H2,1H3. The van der Waals surface area contributed by atoms with E-state index in [2.05, 4.69) is 17.2 Å². The zero-order valence-electron chi connectivity index (χ0n) is 10.5. The second kappa shape index (κ2) is 7.07. The van der Waals surface area contributed by atoms with Crippen LogP contribution >= 0.6 is 11.8 Å². The highest BCUT2D eigenvalue weighted by Gasteiger charge is 2.26. The summed E-state index contributed by atoms with van der Waals surface area (Å²) in [5, 5.41) is 4.48. The Bertz CT molecular complexity index is 302. The minimum Gasteiger partial charge on any atom is -0.440 e. The van der Waals surface area contributed by atoms with Crippen molar-refractivity contribution in [3.05, 3.63) is 12.5 Å². The molecule has 1 aromatic heterocycles. The van der Waals surface area contributed by atoms with Gasteiger partial charge in [-0.25, -0.2) is 4.98 Å². The summed E-state index contributed by atoms with van der Waals surface area (Å²) >= 11 is 1.73. The van der Waals surface area contributed by atoms with E-state index in [9.17, 15) is 0 Å². The molecule has 0 amide bonds. The van der Waals surface area contributed by atoms with Crippen molar-refractivity contribution in [1.82, 2.24) is 10.3 Å². The van der Waals surface area contributed by atoms with E-state index in [1.807, 2.05) is 0 Å². The van der Waals surface area contributed by atoms with Crippen molar-refractivity contribution in [2.24, 2.45) is 5.92 Å². The van der Waals surface area contributed by atoms with Crippen LogP contribution < -0.4 is 5.32 Å². The topological polar surface area (TPSA) is 38.1 Å². The molecule has 1 fully saturated rings. The van der Waals surface area contributed by atoms with Crippen LogP contribution in [0, 0.1) is 5.92 Å². The maximum atomic E-state index is 5.23. The van der Waals surface area contributed by atoms with Crippen molar-refractivity contribution in [2.75, 3.05) is 12.3 Å². The van der Waals surface area contributed by atoms with Gasteiger partial charge in [0.25, 0.3) is 5.22 Å². The van der Waals surface area contributed by atoms with Gasteiger partial charge in [0.2, 0.25) is 0 Å². The van der Waals surface area contributed by atoms with Gasteiger partial charge in [0.1, 0.15) is 6.26 Å². The van der Waals surface area contributed by atoms with E-state index in [-0.39, 0.29) is 0 Å². The highest BCUT2D eigenvalue weighted by Crippen LogP contribution is 2.30. The highest BCUT2D eigenvalue weighted by atomic mass is 32.2. The minimum atomic E-state index is 0.750. The van der Waals surface area contributed by atoms with Crippen LogP contribution in [0.5, 0.6) is 0 Å². The van der Waals surface area contributed by atoms with E-state index in [0.29, 0.717) is 0 Å². The van der Waals surface area contributed by atoms with Gasteiger partial charge in [-0.05, 0) is 38.1 Å². The van der Waals surface area contributed by atoms with Gasteiger partial charge >= 0.3 is 0 Å². The van der Waals surface area contributed by atoms with E-state index >= 15 is 0 Å². The molecule has 2 rings (SSSR count). The van der Waals surface area contributed by atoms with E-state index in [0.717, 1.165) is 29.5 Å². The third-order valence-electron chi connectivity index (χ3n) is 3.44. The Labute approximate surface area is 108 Å². The minimum absolute atomic E-state index is 0.750. The number of hydrogen-bond acceptors (Lipinski definition) is 4. The Balaban J connectivity index is 1.67. The van der Waals surface area contributed by atoms with Crippen molar-refractivity contribution in [3.8, 4) is 0 Å². The zero-order chi connectivity index (χ0) is 11.9. The highest BCUT2D eigenvalue weighted by molar-refractivity contribution is 7.99. The quantitative estimate of drug-likeness (QED) is 0.757. The first-order valence-corrected chi connectivity index (χ1v) is 7.64. The lowest BCUT2D eigenvalue weighted by atomic mass is 10.0. The van der Waals surface area contributed by atoms with Crippen LogP contribution in [0.1, 0.15) is 39.0 Å². The summed E-state index contributed by atoms with van der Waals surface area (Å²) in [6, 6.07) is 0.750. The first kappa shape index (κ1) is 13.0. The molecule has 1 saturated carbocycles. The second-order valence-corrected chi connectivity index (χ2v) is 5.73. The fourth-order valence-corrected chi connectivity index (χ4v) is 3.41. The van der Waals surface area contributed by atoms with E-state index < -0.39 is 0 Å². The Kier molecular flexibility index (Phi) is 5.39. The van der Waals surface area contributed by atoms with Gasteiger partial charge in [-0.2, -0.15) is 0 Å². The molecular weight excluding hydrogens is 232 g/mol. The van der Waals surface area contributed by atoms with Crippen molar-refractivity contribution in [3.63, 3.8) is 0 Å². The fraction of sp³-hybridized carbons (Fsp3) is 0.769. The van der Waals surface area contributed by atoms with Crippen LogP contribution in [-0.4, -0.2) is 23.3 Å². The molecule has 2 unspecified atom stereocenters. The lowest BCUT2D eigenvalue weighted by Crippen LogP contribution is -2.33. The zero-order valence-corrected chi connectivity index (χ0v) is 11.3. The number of hydrogen-bond donors (Lipinski definition) is 1. The number of nitrogens with one attached hydrogen (secondary N) is 1. The number of aromatic nitrogens is 1. The van der Waals surface area contributed by atoms with Crippen LogP contribution in [0.3, 0.4) is 0 Å². The number of nitrogens with zero attached hydrogens (tertiary/aromatic N) is 1. The monoisotopic (exact) mass is 254 g/mol. The molecule has 0 spiro atoms. The molecule has 0 bridgehead atoms. The van der Waals surface area contributed by atoms with Gasteiger partial charge in [0, 0.05) is 11.8 Å². The Morgan fingerprint density at radius 2 is 2.47 bits per heavy atom. The molecule has 1 aliphatic carbocycles. The molecule has 0 aliphatic heterocycles. The van der Waals surface area contributed by atoms with Crippen LogP contribution in [0.25, 0.3) is 0 Å². The smallest absolute Gasteiger partial charge is 0.255 e. The number of rotatable bonds is 7. The molecule has 3 nitrogen and oxygen atoms in total. The van der Waals surface area contributed by atoms with Crippen LogP contribution in [-0.2, 0) is 0 Å². The average molecular weight is 254 g/mol. The molecule has 1 aliphatic rings. The van der Waals surface area contributed by atoms with Crippen LogP contribution in [0.2, 0.25) is 0 Å². The summed E-state index contributed by atoms with van der Waals surface area (Å²) in [4.78, 5) is 4.13. The Hall–Kier alpha value is -0.480. The summed E-state index contributed by atoms with van der Waals surface area (Å²) in [5.41, 5.74) is 0. The first-order valence-electron chi connectivity index (χ1n) is 6.66. The molecule has 0 aromatic carbocycles. The van der Waals surface area contributed by atoms with E-state index in [4.69, 9.17) is 4.42 Å². The predicted molar refractivity (Wildman–Crippen MR) is 71.3 cm³/mol. The van der Waals surface area contributed by atoms with Crippen LogP contribution in [0.15, 0.2) is 22.1 Å². The van der Waals surface area contributed by atoms with Crippen LogP contribution in [0.4, 0.5) is 0 Å². The predicted octanol–water partition coefficient (Wildman–Crippen LogP) is 3.33. The van der Waals surface area contributed by atoms with Gasteiger partial charge in [0.15, 0.2) is 0 Å². The number of thioether (sulfide) groups is 1. The summed E-state index contributed by atoms with van der Waals surface area (Å²) in [6.45, 7) is 3.39. The van der Waals surface area contributed by atoms with Crippen molar-refractivity contribution in [1.29, 1.82) is 0 Å². The van der Waals surface area contributed by atoms with Crippen molar-refractivity contribution >= 4 is 11.8 Å². The van der Waals surface area contributed by atoms with Gasteiger partial charge in [-0.15, -0.1) is 0 Å². The molecular formula is C13H22N2OS. The Morgan fingerprint density at radius 1 is 1.53 bits per heavy atom. The number of oxazole rings is 1. The summed E-state index contributed by atoms with van der Waals surface area (Å²) in [6.07, 6.45) is 9.98. The van der Waals surface area contributed by atoms with E-state index in [1.54, 1.807) is 24.2 Å². The third kappa shape index (κ3) is 4.03. The lowest BCUT2D eigenvalue weighted by molar-refractivity contribution is 0.392. The average Bonchev–Trinajstić information content (AvgIpc) is 2.98. The molecule has 96 valence electrons. The molecule has 1 N–H and O–H groups in total. The van der Waals surface area contributed by atoms with Crippen molar-refractivity contribution < 1.29 is 4.42 Å². The molecule has 1 heterocycles. The normalized spacial score (nSPS) is 24.3. The second-order valence-electron chi connectivity index (χ2n) is 4.69. The van der Waals surface area contributed by atoms with Crippen molar-refractivity contribution in [2.45, 2.75) is 50.3 Å². The lowest BCUT2D eigenvalue weighted by Gasteiger charge is -2.20. The summed E-state index contributed by atoms with van der Waals surface area (Å²) in [5.74, 6) is 1.97. The van der Waals surface area contributed by atoms with Gasteiger partial charge < -0.3 is 9.73 Å². The molecule has 17 heavy (non-hydrogen) atoms. The maximum Gasteiger partial charge on any atom is 0.255 e. The summed E-state index contributed by atoms with van der Waals surface area (Å²) < 4.78 is 5.23.